The van der Waals surface area contributed by atoms with Gasteiger partial charge in [0.1, 0.15) is 0 Å². The second kappa shape index (κ2) is 7.88. The van der Waals surface area contributed by atoms with Gasteiger partial charge in [-0.2, -0.15) is 10.1 Å². The van der Waals surface area contributed by atoms with Gasteiger partial charge in [0, 0.05) is 41.5 Å². The number of nitrogens with zero attached hydrogens (tertiary/aromatic N) is 6. The maximum atomic E-state index is 6.03. The highest BCUT2D eigenvalue weighted by molar-refractivity contribution is 6.30. The highest BCUT2D eigenvalue weighted by Crippen LogP contribution is 2.20. The predicted molar refractivity (Wildman–Crippen MR) is 100.0 cm³/mol. The molecule has 0 fully saturated rings. The molecule has 1 N–H and O–H groups in total. The van der Waals surface area contributed by atoms with Crippen LogP contribution in [0.25, 0.3) is 22.6 Å². The molecule has 0 radical (unpaired) electrons. The second-order valence-electron chi connectivity index (χ2n) is 5.61. The smallest absolute Gasteiger partial charge is 0.243 e. The van der Waals surface area contributed by atoms with E-state index in [9.17, 15) is 0 Å². The number of hydrogen-bond donors (Lipinski definition) is 1. The molecule has 0 atom stereocenters. The summed E-state index contributed by atoms with van der Waals surface area (Å²) in [7, 11) is 0. The van der Waals surface area contributed by atoms with Crippen molar-refractivity contribution in [1.82, 2.24) is 30.3 Å². The van der Waals surface area contributed by atoms with Crippen LogP contribution in [0.1, 0.15) is 5.89 Å². The number of pyridine rings is 1. The molecule has 0 bridgehead atoms. The van der Waals surface area contributed by atoms with Crippen LogP contribution >= 0.6 is 11.6 Å². The van der Waals surface area contributed by atoms with Gasteiger partial charge in [-0.05, 0) is 24.3 Å². The van der Waals surface area contributed by atoms with Crippen molar-refractivity contribution in [1.29, 1.82) is 0 Å². The van der Waals surface area contributed by atoms with E-state index in [2.05, 4.69) is 35.6 Å². The fourth-order valence-corrected chi connectivity index (χ4v) is 2.61. The lowest BCUT2D eigenvalue weighted by Crippen LogP contribution is -2.09. The van der Waals surface area contributed by atoms with Gasteiger partial charge in [0.2, 0.25) is 17.7 Å². The average Bonchev–Trinajstić information content (AvgIpc) is 3.18. The number of hydrogen-bond acceptors (Lipinski definition) is 8. The molecule has 0 aliphatic carbocycles. The topological polar surface area (TPSA) is 103 Å². The number of aromatic nitrogens is 6. The molecular formula is C18H14ClN7O. The fourth-order valence-electron chi connectivity index (χ4n) is 2.42. The van der Waals surface area contributed by atoms with E-state index in [4.69, 9.17) is 16.1 Å². The number of benzene rings is 1. The summed E-state index contributed by atoms with van der Waals surface area (Å²) in [5.74, 6) is 1.44. The molecule has 3 heterocycles. The summed E-state index contributed by atoms with van der Waals surface area (Å²) >= 11 is 6.03. The van der Waals surface area contributed by atoms with Crippen molar-refractivity contribution < 1.29 is 4.52 Å². The van der Waals surface area contributed by atoms with Crippen LogP contribution in [0.5, 0.6) is 0 Å². The van der Waals surface area contributed by atoms with Crippen molar-refractivity contribution in [2.45, 2.75) is 6.42 Å². The molecule has 0 spiro atoms. The first kappa shape index (κ1) is 17.0. The van der Waals surface area contributed by atoms with Gasteiger partial charge in [0.25, 0.3) is 0 Å². The average molecular weight is 380 g/mol. The van der Waals surface area contributed by atoms with Crippen molar-refractivity contribution in [2.24, 2.45) is 0 Å². The van der Waals surface area contributed by atoms with Crippen LogP contribution in [0.2, 0.25) is 5.02 Å². The minimum Gasteiger partial charge on any atom is -0.352 e. The van der Waals surface area contributed by atoms with E-state index in [1.165, 1.54) is 0 Å². The van der Waals surface area contributed by atoms with Crippen LogP contribution in [-0.2, 0) is 6.42 Å². The molecule has 4 aromatic rings. The quantitative estimate of drug-likeness (QED) is 0.544. The zero-order valence-electron chi connectivity index (χ0n) is 14.1. The number of anilines is 1. The van der Waals surface area contributed by atoms with E-state index in [0.29, 0.717) is 41.3 Å². The zero-order valence-corrected chi connectivity index (χ0v) is 14.8. The Hall–Kier alpha value is -3.39. The van der Waals surface area contributed by atoms with E-state index < -0.39 is 0 Å². The van der Waals surface area contributed by atoms with Gasteiger partial charge in [-0.3, -0.25) is 4.98 Å². The lowest BCUT2D eigenvalue weighted by Gasteiger charge is -2.05. The summed E-state index contributed by atoms with van der Waals surface area (Å²) in [5.41, 5.74) is 2.37. The molecule has 0 saturated heterocycles. The summed E-state index contributed by atoms with van der Waals surface area (Å²) in [6.07, 6.45) is 5.50. The van der Waals surface area contributed by atoms with E-state index in [0.717, 1.165) is 11.1 Å². The molecule has 0 unspecified atom stereocenters. The fraction of sp³-hybridized carbons (Fsp3) is 0.111. The monoisotopic (exact) mass is 379 g/mol. The van der Waals surface area contributed by atoms with Crippen LogP contribution in [-0.4, -0.2) is 36.9 Å². The van der Waals surface area contributed by atoms with Gasteiger partial charge in [0.15, 0.2) is 0 Å². The van der Waals surface area contributed by atoms with E-state index in [-0.39, 0.29) is 0 Å². The van der Waals surface area contributed by atoms with Crippen LogP contribution < -0.4 is 5.32 Å². The van der Waals surface area contributed by atoms with Crippen molar-refractivity contribution >= 4 is 17.5 Å². The first-order chi connectivity index (χ1) is 13.3. The lowest BCUT2D eigenvalue weighted by atomic mass is 10.2. The molecule has 0 aliphatic rings. The maximum Gasteiger partial charge on any atom is 0.243 e. The molecule has 27 heavy (non-hydrogen) atoms. The van der Waals surface area contributed by atoms with Gasteiger partial charge < -0.3 is 9.84 Å². The van der Waals surface area contributed by atoms with Crippen LogP contribution in [0.3, 0.4) is 0 Å². The predicted octanol–water partition coefficient (Wildman–Crippen LogP) is 3.29. The van der Waals surface area contributed by atoms with Gasteiger partial charge in [0.05, 0.1) is 11.9 Å². The van der Waals surface area contributed by atoms with Gasteiger partial charge >= 0.3 is 0 Å². The normalized spacial score (nSPS) is 10.7. The molecule has 4 rings (SSSR count). The SMILES string of the molecule is Clc1cccc(-c2cnnc(NCCc3nc(-c4cccnc4)no3)n2)c1. The molecule has 134 valence electrons. The zero-order chi connectivity index (χ0) is 18.5. The van der Waals surface area contributed by atoms with E-state index in [1.54, 1.807) is 18.6 Å². The first-order valence-electron chi connectivity index (χ1n) is 8.20. The number of nitrogens with one attached hydrogen (secondary N) is 1. The van der Waals surface area contributed by atoms with Crippen molar-refractivity contribution in [3.8, 4) is 22.6 Å². The van der Waals surface area contributed by atoms with Crippen LogP contribution in [0, 0.1) is 0 Å². The highest BCUT2D eigenvalue weighted by atomic mass is 35.5. The number of rotatable bonds is 6. The third-order valence-corrected chi connectivity index (χ3v) is 3.92. The summed E-state index contributed by atoms with van der Waals surface area (Å²) < 4.78 is 5.26. The number of halogens is 1. The van der Waals surface area contributed by atoms with Crippen molar-refractivity contribution in [3.63, 3.8) is 0 Å². The molecular weight excluding hydrogens is 366 g/mol. The molecule has 3 aromatic heterocycles. The third-order valence-electron chi connectivity index (χ3n) is 3.69. The minimum atomic E-state index is 0.416. The van der Waals surface area contributed by atoms with E-state index in [1.807, 2.05) is 36.4 Å². The Labute approximate surface area is 159 Å². The summed E-state index contributed by atoms with van der Waals surface area (Å²) in [5, 5.41) is 15.7. The first-order valence-corrected chi connectivity index (χ1v) is 8.58. The summed E-state index contributed by atoms with van der Waals surface area (Å²) in [6, 6.07) is 11.1. The Kier molecular flexibility index (Phi) is 4.97. The van der Waals surface area contributed by atoms with Gasteiger partial charge in [-0.1, -0.05) is 28.9 Å². The molecule has 0 saturated carbocycles. The molecule has 9 heteroatoms. The maximum absolute atomic E-state index is 6.03. The van der Waals surface area contributed by atoms with Crippen molar-refractivity contribution in [3.05, 3.63) is 65.9 Å². The Morgan fingerprint density at radius 2 is 1.96 bits per heavy atom. The molecule has 0 amide bonds. The standard InChI is InChI=1S/C18H14ClN7O/c19-14-5-1-3-12(9-14)15-11-22-25-18(23-15)21-8-6-16-24-17(26-27-16)13-4-2-7-20-10-13/h1-5,7,9-11H,6,8H2,(H,21,23,25). The Morgan fingerprint density at radius 1 is 1.04 bits per heavy atom. The van der Waals surface area contributed by atoms with Gasteiger partial charge in [-0.15, -0.1) is 5.10 Å². The summed E-state index contributed by atoms with van der Waals surface area (Å²) in [4.78, 5) is 12.9. The Balaban J connectivity index is 1.38. The highest BCUT2D eigenvalue weighted by Gasteiger charge is 2.09. The van der Waals surface area contributed by atoms with Crippen LogP contribution in [0.15, 0.2) is 59.5 Å². The lowest BCUT2D eigenvalue weighted by molar-refractivity contribution is 0.381. The van der Waals surface area contributed by atoms with Crippen LogP contribution in [0.4, 0.5) is 5.95 Å². The van der Waals surface area contributed by atoms with Crippen molar-refractivity contribution in [2.75, 3.05) is 11.9 Å². The molecule has 0 aliphatic heterocycles. The Bertz CT molecular complexity index is 1040. The largest absolute Gasteiger partial charge is 0.352 e. The van der Waals surface area contributed by atoms with E-state index >= 15 is 0 Å². The third kappa shape index (κ3) is 4.24. The molecule has 1 aromatic carbocycles. The Morgan fingerprint density at radius 3 is 2.81 bits per heavy atom. The molecule has 8 nitrogen and oxygen atoms in total. The second-order valence-corrected chi connectivity index (χ2v) is 6.04. The minimum absolute atomic E-state index is 0.416. The van der Waals surface area contributed by atoms with Gasteiger partial charge in [-0.25, -0.2) is 4.98 Å². The summed E-state index contributed by atoms with van der Waals surface area (Å²) in [6.45, 7) is 0.523.